The van der Waals surface area contributed by atoms with Crippen LogP contribution in [0.25, 0.3) is 0 Å². The molecule has 2 aliphatic rings. The van der Waals surface area contributed by atoms with Crippen LogP contribution in [0.15, 0.2) is 65.7 Å². The first-order valence-corrected chi connectivity index (χ1v) is 12.1. The molecule has 37 heavy (non-hydrogen) atoms. The van der Waals surface area contributed by atoms with E-state index >= 15 is 0 Å². The Balaban J connectivity index is 1.50. The molecule has 3 aromatic carbocycles. The highest BCUT2D eigenvalue weighted by Crippen LogP contribution is 2.42. The summed E-state index contributed by atoms with van der Waals surface area (Å²) in [5, 5.41) is 0.551. The molecule has 10 heteroatoms. The van der Waals surface area contributed by atoms with Crippen molar-refractivity contribution in [3.8, 4) is 17.2 Å². The highest BCUT2D eigenvalue weighted by atomic mass is 35.5. The first kappa shape index (κ1) is 25.0. The molecule has 0 radical (unpaired) electrons. The van der Waals surface area contributed by atoms with Crippen molar-refractivity contribution < 1.29 is 27.4 Å². The average molecular weight is 530 g/mol. The molecular weight excluding hydrogens is 507 g/mol. The number of fused-ring (bicyclic) bond motifs is 2. The number of benzene rings is 3. The Hall–Kier alpha value is -3.72. The number of hydrogen-bond donors (Lipinski definition) is 0. The lowest BCUT2D eigenvalue weighted by molar-refractivity contribution is -0.137. The maximum Gasteiger partial charge on any atom is 0.416 e. The largest absolute Gasteiger partial charge is 0.497 e. The van der Waals surface area contributed by atoms with Crippen LogP contribution in [0, 0.1) is 0 Å². The van der Waals surface area contributed by atoms with Crippen molar-refractivity contribution in [2.45, 2.75) is 12.6 Å². The smallest absolute Gasteiger partial charge is 0.416 e. The first-order valence-electron chi connectivity index (χ1n) is 11.7. The van der Waals surface area contributed by atoms with E-state index in [9.17, 15) is 18.0 Å². The summed E-state index contributed by atoms with van der Waals surface area (Å²) in [6, 6.07) is 15.2. The van der Waals surface area contributed by atoms with E-state index in [4.69, 9.17) is 21.1 Å². The van der Waals surface area contributed by atoms with E-state index in [2.05, 4.69) is 4.99 Å². The summed E-state index contributed by atoms with van der Waals surface area (Å²) in [6.45, 7) is 1.93. The van der Waals surface area contributed by atoms with Gasteiger partial charge < -0.3 is 19.3 Å². The van der Waals surface area contributed by atoms with Crippen LogP contribution >= 0.6 is 11.6 Å². The van der Waals surface area contributed by atoms with Crippen molar-refractivity contribution in [2.75, 3.05) is 33.3 Å². The van der Waals surface area contributed by atoms with E-state index in [1.165, 1.54) is 13.2 Å². The molecule has 0 unspecified atom stereocenters. The fraction of sp³-hybridized carbons (Fsp3) is 0.259. The molecule has 1 fully saturated rings. The molecule has 1 saturated heterocycles. The van der Waals surface area contributed by atoms with E-state index in [-0.39, 0.29) is 17.3 Å². The van der Waals surface area contributed by atoms with Gasteiger partial charge in [0.25, 0.3) is 5.91 Å². The second-order valence-electron chi connectivity index (χ2n) is 8.72. The molecule has 0 N–H and O–H groups in total. The van der Waals surface area contributed by atoms with Crippen molar-refractivity contribution in [3.05, 3.63) is 82.4 Å². The first-order chi connectivity index (χ1) is 17.7. The number of hydrogen-bond acceptors (Lipinski definition) is 5. The van der Waals surface area contributed by atoms with Crippen molar-refractivity contribution in [1.82, 2.24) is 9.80 Å². The van der Waals surface area contributed by atoms with E-state index in [0.29, 0.717) is 66.1 Å². The van der Waals surface area contributed by atoms with Gasteiger partial charge in [0.15, 0.2) is 5.75 Å². The summed E-state index contributed by atoms with van der Waals surface area (Å²) >= 11 is 5.95. The number of ether oxygens (including phenoxy) is 2. The molecule has 6 nitrogen and oxygen atoms in total. The number of carbonyl (C=O) groups excluding carboxylic acids is 1. The van der Waals surface area contributed by atoms with E-state index in [1.54, 1.807) is 47.4 Å². The zero-order chi connectivity index (χ0) is 26.2. The van der Waals surface area contributed by atoms with E-state index in [1.807, 2.05) is 4.90 Å². The molecule has 0 aliphatic carbocycles. The average Bonchev–Trinajstić information content (AvgIpc) is 3.22. The highest BCUT2D eigenvalue weighted by molar-refractivity contribution is 6.30. The Morgan fingerprint density at radius 2 is 1.73 bits per heavy atom. The summed E-state index contributed by atoms with van der Waals surface area (Å²) in [5.74, 6) is 1.60. The minimum absolute atomic E-state index is 0.0818. The molecule has 5 rings (SSSR count). The Morgan fingerprint density at radius 1 is 0.973 bits per heavy atom. The maximum absolute atomic E-state index is 13.4. The molecule has 3 aromatic rings. The van der Waals surface area contributed by atoms with Crippen LogP contribution in [0.5, 0.6) is 17.2 Å². The van der Waals surface area contributed by atoms with Crippen molar-refractivity contribution in [2.24, 2.45) is 4.99 Å². The van der Waals surface area contributed by atoms with Crippen LogP contribution in [0.1, 0.15) is 27.9 Å². The van der Waals surface area contributed by atoms with Gasteiger partial charge in [-0.25, -0.2) is 4.99 Å². The zero-order valence-corrected chi connectivity index (χ0v) is 20.6. The SMILES string of the molecule is COc1ccc2c(c1)C(N1CCCN(C(=O)c3ccc(Cl)cc3)CC1)=Nc1cc(C(F)(F)F)ccc1O2. The van der Waals surface area contributed by atoms with E-state index < -0.39 is 11.7 Å². The van der Waals surface area contributed by atoms with Gasteiger partial charge in [0.05, 0.1) is 18.2 Å². The number of halogens is 4. The molecule has 1 amide bonds. The third-order valence-electron chi connectivity index (χ3n) is 6.33. The highest BCUT2D eigenvalue weighted by Gasteiger charge is 2.33. The van der Waals surface area contributed by atoms with Crippen LogP contribution < -0.4 is 9.47 Å². The van der Waals surface area contributed by atoms with Crippen LogP contribution in [0.2, 0.25) is 5.02 Å². The number of carbonyl (C=O) groups is 1. The fourth-order valence-electron chi connectivity index (χ4n) is 4.41. The summed E-state index contributed by atoms with van der Waals surface area (Å²) in [7, 11) is 1.53. The van der Waals surface area contributed by atoms with Gasteiger partial charge in [0.1, 0.15) is 23.0 Å². The number of alkyl halides is 3. The summed E-state index contributed by atoms with van der Waals surface area (Å²) in [6.07, 6.45) is -3.87. The zero-order valence-electron chi connectivity index (χ0n) is 19.9. The van der Waals surface area contributed by atoms with Gasteiger partial charge >= 0.3 is 6.18 Å². The van der Waals surface area contributed by atoms with Crippen molar-refractivity contribution in [3.63, 3.8) is 0 Å². The molecule has 0 bridgehead atoms. The number of amides is 1. The molecule has 2 heterocycles. The van der Waals surface area contributed by atoms with Gasteiger partial charge in [0.2, 0.25) is 0 Å². The number of methoxy groups -OCH3 is 1. The molecule has 0 atom stereocenters. The van der Waals surface area contributed by atoms with Gasteiger partial charge in [-0.3, -0.25) is 4.79 Å². The third kappa shape index (κ3) is 5.22. The molecular formula is C27H23ClF3N3O3. The predicted molar refractivity (Wildman–Crippen MR) is 134 cm³/mol. The topological polar surface area (TPSA) is 54.4 Å². The van der Waals surface area contributed by atoms with Crippen molar-refractivity contribution >= 4 is 29.0 Å². The normalized spacial score (nSPS) is 15.5. The van der Waals surface area contributed by atoms with Crippen molar-refractivity contribution in [1.29, 1.82) is 0 Å². The number of rotatable bonds is 2. The molecule has 0 aromatic heterocycles. The molecule has 2 aliphatic heterocycles. The Labute approximate surface area is 216 Å². The lowest BCUT2D eigenvalue weighted by atomic mass is 10.1. The van der Waals surface area contributed by atoms with Gasteiger partial charge in [-0.05, 0) is 67.1 Å². The molecule has 0 saturated carbocycles. The third-order valence-corrected chi connectivity index (χ3v) is 6.59. The monoisotopic (exact) mass is 529 g/mol. The summed E-state index contributed by atoms with van der Waals surface area (Å²) < 4.78 is 51.7. The Kier molecular flexibility index (Phi) is 6.72. The predicted octanol–water partition coefficient (Wildman–Crippen LogP) is 6.40. The minimum Gasteiger partial charge on any atom is -0.497 e. The minimum atomic E-state index is -4.52. The lowest BCUT2D eigenvalue weighted by Gasteiger charge is -2.25. The van der Waals surface area contributed by atoms with Crippen LogP contribution in [0.3, 0.4) is 0 Å². The number of nitrogens with zero attached hydrogens (tertiary/aromatic N) is 3. The second-order valence-corrected chi connectivity index (χ2v) is 9.16. The van der Waals surface area contributed by atoms with Crippen LogP contribution in [-0.2, 0) is 6.18 Å². The van der Waals surface area contributed by atoms with Gasteiger partial charge in [-0.2, -0.15) is 13.2 Å². The quantitative estimate of drug-likeness (QED) is 0.385. The maximum atomic E-state index is 13.4. The lowest BCUT2D eigenvalue weighted by Crippen LogP contribution is -2.37. The van der Waals surface area contributed by atoms with Gasteiger partial charge in [0, 0.05) is 36.8 Å². The van der Waals surface area contributed by atoms with Gasteiger partial charge in [-0.15, -0.1) is 0 Å². The summed E-state index contributed by atoms with van der Waals surface area (Å²) in [4.78, 5) is 21.5. The molecule has 0 spiro atoms. The second kappa shape index (κ2) is 9.97. The summed E-state index contributed by atoms with van der Waals surface area (Å²) in [5.41, 5.74) is 0.416. The number of amidine groups is 1. The Morgan fingerprint density at radius 3 is 2.46 bits per heavy atom. The standard InChI is InChI=1S/C27H23ClF3N3O3/c1-36-20-8-10-23-21(16-20)25(32-22-15-18(27(29,30)31)5-9-24(22)37-23)33-11-2-12-34(14-13-33)26(35)17-3-6-19(28)7-4-17/h3-10,15-16H,2,11-14H2,1H3. The number of aliphatic imine (C=N–C) groups is 1. The van der Waals surface area contributed by atoms with Crippen LogP contribution in [-0.4, -0.2) is 54.8 Å². The van der Waals surface area contributed by atoms with Crippen LogP contribution in [0.4, 0.5) is 18.9 Å². The Bertz CT molecular complexity index is 1360. The fourth-order valence-corrected chi connectivity index (χ4v) is 4.53. The van der Waals surface area contributed by atoms with E-state index in [0.717, 1.165) is 12.1 Å². The molecule has 192 valence electrons. The van der Waals surface area contributed by atoms with Gasteiger partial charge in [-0.1, -0.05) is 11.6 Å².